The number of para-hydroxylation sites is 1. The molecule has 0 atom stereocenters. The second-order valence-electron chi connectivity index (χ2n) is 10.5. The molecule has 0 unspecified atom stereocenters. The minimum atomic E-state index is 0.455. The maximum Gasteiger partial charge on any atom is 0.148 e. The highest BCUT2D eigenvalue weighted by Gasteiger charge is 2.19. The molecule has 0 amide bonds. The van der Waals surface area contributed by atoms with Crippen molar-refractivity contribution in [1.82, 2.24) is 14.5 Å². The van der Waals surface area contributed by atoms with Gasteiger partial charge in [-0.3, -0.25) is 0 Å². The summed E-state index contributed by atoms with van der Waals surface area (Å²) in [6.45, 7) is 7.27. The molecule has 0 saturated carbocycles. The largest absolute Gasteiger partial charge is 0.486 e. The topological polar surface area (TPSA) is 30.3 Å². The van der Waals surface area contributed by atoms with Gasteiger partial charge in [-0.05, 0) is 147 Å². The predicted octanol–water partition coefficient (Wildman–Crippen LogP) is 8.31. The molecular formula is C32H37ClIN3O. The molecule has 200 valence electrons. The van der Waals surface area contributed by atoms with Gasteiger partial charge in [0.1, 0.15) is 18.2 Å². The highest BCUT2D eigenvalue weighted by molar-refractivity contribution is 14.1. The highest BCUT2D eigenvalue weighted by atomic mass is 127. The van der Waals surface area contributed by atoms with Crippen LogP contribution in [0.25, 0.3) is 11.0 Å². The van der Waals surface area contributed by atoms with E-state index in [1.165, 1.54) is 78.4 Å². The number of piperidine rings is 1. The standard InChI is InChI=1S/C32H37ClIN3O/c1-24-5-2-8-30-32(24)35-31(23-38-29-15-11-27(33)12-16-29)37(30)20-4-7-26-17-21-36(22-18-26)19-3-6-25-9-13-28(34)14-10-25/h2,5,8-16,26H,3-4,6-7,17-23H2,1H3. The molecule has 0 N–H and O–H groups in total. The molecule has 38 heavy (non-hydrogen) atoms. The number of benzene rings is 3. The summed E-state index contributed by atoms with van der Waals surface area (Å²) in [4.78, 5) is 7.65. The van der Waals surface area contributed by atoms with Crippen molar-refractivity contribution in [1.29, 1.82) is 0 Å². The molecule has 3 aromatic carbocycles. The van der Waals surface area contributed by atoms with Crippen molar-refractivity contribution in [3.8, 4) is 5.75 Å². The third kappa shape index (κ3) is 7.30. The molecule has 1 fully saturated rings. The van der Waals surface area contributed by atoms with Crippen molar-refractivity contribution >= 4 is 45.2 Å². The van der Waals surface area contributed by atoms with Crippen LogP contribution in [0.4, 0.5) is 0 Å². The Morgan fingerprint density at radius 3 is 2.47 bits per heavy atom. The van der Waals surface area contributed by atoms with E-state index < -0.39 is 0 Å². The average molecular weight is 642 g/mol. The van der Waals surface area contributed by atoms with Crippen molar-refractivity contribution in [3.05, 3.63) is 92.3 Å². The van der Waals surface area contributed by atoms with Gasteiger partial charge in [0.15, 0.2) is 0 Å². The van der Waals surface area contributed by atoms with Crippen LogP contribution in [0.1, 0.15) is 49.1 Å². The maximum atomic E-state index is 6.08. The van der Waals surface area contributed by atoms with E-state index in [0.29, 0.717) is 11.6 Å². The third-order valence-corrected chi connectivity index (χ3v) is 8.77. The van der Waals surface area contributed by atoms with Gasteiger partial charge in [-0.25, -0.2) is 4.98 Å². The smallest absolute Gasteiger partial charge is 0.148 e. The molecule has 0 radical (unpaired) electrons. The van der Waals surface area contributed by atoms with E-state index in [0.717, 1.165) is 29.6 Å². The van der Waals surface area contributed by atoms with Crippen molar-refractivity contribution in [2.24, 2.45) is 5.92 Å². The Balaban J connectivity index is 1.10. The summed E-state index contributed by atoms with van der Waals surface area (Å²) in [5.41, 5.74) is 4.97. The van der Waals surface area contributed by atoms with Gasteiger partial charge in [-0.1, -0.05) is 35.9 Å². The summed E-state index contributed by atoms with van der Waals surface area (Å²) in [7, 11) is 0. The molecule has 0 spiro atoms. The monoisotopic (exact) mass is 641 g/mol. The Morgan fingerprint density at radius 2 is 1.71 bits per heavy atom. The zero-order valence-electron chi connectivity index (χ0n) is 22.2. The summed E-state index contributed by atoms with van der Waals surface area (Å²) in [5, 5.41) is 0.716. The van der Waals surface area contributed by atoms with Gasteiger partial charge in [0.2, 0.25) is 0 Å². The number of aryl methyl sites for hydroxylation is 3. The van der Waals surface area contributed by atoms with Gasteiger partial charge >= 0.3 is 0 Å². The lowest BCUT2D eigenvalue weighted by molar-refractivity contribution is 0.175. The summed E-state index contributed by atoms with van der Waals surface area (Å²) in [5.74, 6) is 2.63. The van der Waals surface area contributed by atoms with Crippen LogP contribution in [0.15, 0.2) is 66.7 Å². The molecule has 4 nitrogen and oxygen atoms in total. The minimum absolute atomic E-state index is 0.455. The summed E-state index contributed by atoms with van der Waals surface area (Å²) in [6, 6.07) is 23.0. The quantitative estimate of drug-likeness (QED) is 0.154. The fraction of sp³-hybridized carbons (Fsp3) is 0.406. The van der Waals surface area contributed by atoms with Crippen molar-refractivity contribution in [2.45, 2.75) is 58.6 Å². The molecule has 1 aromatic heterocycles. The zero-order chi connectivity index (χ0) is 26.3. The average Bonchev–Trinajstić information content (AvgIpc) is 3.29. The number of rotatable bonds is 11. The highest BCUT2D eigenvalue weighted by Crippen LogP contribution is 2.26. The number of fused-ring (bicyclic) bond motifs is 1. The van der Waals surface area contributed by atoms with Crippen LogP contribution in [0, 0.1) is 16.4 Å². The van der Waals surface area contributed by atoms with Gasteiger partial charge in [0.05, 0.1) is 11.0 Å². The van der Waals surface area contributed by atoms with Crippen LogP contribution in [0.3, 0.4) is 0 Å². The Labute approximate surface area is 245 Å². The molecule has 4 aromatic rings. The lowest BCUT2D eigenvalue weighted by Gasteiger charge is -2.32. The van der Waals surface area contributed by atoms with Crippen LogP contribution in [-0.4, -0.2) is 34.1 Å². The van der Waals surface area contributed by atoms with Gasteiger partial charge < -0.3 is 14.2 Å². The van der Waals surface area contributed by atoms with E-state index in [1.807, 2.05) is 24.3 Å². The number of nitrogens with zero attached hydrogens (tertiary/aromatic N) is 3. The normalized spacial score (nSPS) is 14.8. The van der Waals surface area contributed by atoms with Gasteiger partial charge in [-0.2, -0.15) is 0 Å². The molecule has 1 saturated heterocycles. The van der Waals surface area contributed by atoms with Crippen molar-refractivity contribution in [2.75, 3.05) is 19.6 Å². The summed E-state index contributed by atoms with van der Waals surface area (Å²) in [6.07, 6.45) is 7.52. The van der Waals surface area contributed by atoms with Crippen LogP contribution < -0.4 is 4.74 Å². The first-order valence-corrected chi connectivity index (χ1v) is 15.3. The lowest BCUT2D eigenvalue weighted by atomic mass is 9.92. The van der Waals surface area contributed by atoms with E-state index in [9.17, 15) is 0 Å². The van der Waals surface area contributed by atoms with Crippen LogP contribution in [0.5, 0.6) is 5.75 Å². The second-order valence-corrected chi connectivity index (χ2v) is 12.2. The molecule has 1 aliphatic rings. The Hall–Kier alpha value is -2.09. The Morgan fingerprint density at radius 1 is 0.947 bits per heavy atom. The molecular weight excluding hydrogens is 605 g/mol. The fourth-order valence-electron chi connectivity index (χ4n) is 5.57. The molecule has 0 bridgehead atoms. The Kier molecular flexibility index (Phi) is 9.63. The Bertz CT molecular complexity index is 1310. The third-order valence-electron chi connectivity index (χ3n) is 7.80. The number of ether oxygens (including phenoxy) is 1. The van der Waals surface area contributed by atoms with E-state index in [-0.39, 0.29) is 0 Å². The molecule has 6 heteroatoms. The van der Waals surface area contributed by atoms with E-state index in [1.54, 1.807) is 0 Å². The van der Waals surface area contributed by atoms with Gasteiger partial charge in [0, 0.05) is 15.1 Å². The number of likely N-dealkylation sites (tertiary alicyclic amines) is 1. The predicted molar refractivity (Wildman–Crippen MR) is 166 cm³/mol. The molecule has 1 aliphatic heterocycles. The van der Waals surface area contributed by atoms with E-state index in [2.05, 4.69) is 81.4 Å². The summed E-state index contributed by atoms with van der Waals surface area (Å²) < 4.78 is 9.77. The van der Waals surface area contributed by atoms with E-state index in [4.69, 9.17) is 21.3 Å². The number of halogens is 2. The van der Waals surface area contributed by atoms with Crippen LogP contribution in [0.2, 0.25) is 5.02 Å². The van der Waals surface area contributed by atoms with Gasteiger partial charge in [-0.15, -0.1) is 0 Å². The zero-order valence-corrected chi connectivity index (χ0v) is 25.1. The van der Waals surface area contributed by atoms with Crippen LogP contribution in [-0.2, 0) is 19.6 Å². The number of aromatic nitrogens is 2. The maximum absolute atomic E-state index is 6.08. The number of hydrogen-bond donors (Lipinski definition) is 0. The molecule has 2 heterocycles. The van der Waals surface area contributed by atoms with Crippen molar-refractivity contribution < 1.29 is 4.74 Å². The van der Waals surface area contributed by atoms with Crippen molar-refractivity contribution in [3.63, 3.8) is 0 Å². The molecule has 0 aliphatic carbocycles. The minimum Gasteiger partial charge on any atom is -0.486 e. The fourth-order valence-corrected chi connectivity index (χ4v) is 6.05. The second kappa shape index (κ2) is 13.3. The SMILES string of the molecule is Cc1cccc2c1nc(COc1ccc(Cl)cc1)n2CCCC1CCN(CCCc2ccc(I)cc2)CC1. The first-order chi connectivity index (χ1) is 18.5. The van der Waals surface area contributed by atoms with Gasteiger partial charge in [0.25, 0.3) is 0 Å². The molecule has 5 rings (SSSR count). The first kappa shape index (κ1) is 27.5. The van der Waals surface area contributed by atoms with Crippen LogP contribution >= 0.6 is 34.2 Å². The van der Waals surface area contributed by atoms with E-state index >= 15 is 0 Å². The first-order valence-electron chi connectivity index (χ1n) is 13.8. The number of hydrogen-bond acceptors (Lipinski definition) is 3. The number of imidazole rings is 1. The lowest BCUT2D eigenvalue weighted by Crippen LogP contribution is -2.34. The summed E-state index contributed by atoms with van der Waals surface area (Å²) >= 11 is 8.40.